The molecule has 4 rings (SSSR count). The molecule has 1 aromatic carbocycles. The van der Waals surface area contributed by atoms with E-state index in [0.717, 1.165) is 43.5 Å². The Hall–Kier alpha value is -1.52. The Bertz CT molecular complexity index is 799. The highest BCUT2D eigenvalue weighted by Gasteiger charge is 2.38. The number of hydrogen-bond acceptors (Lipinski definition) is 2. The Balaban J connectivity index is 1.36. The van der Waals surface area contributed by atoms with Gasteiger partial charge in [-0.05, 0) is 42.9 Å². The van der Waals surface area contributed by atoms with Crippen molar-refractivity contribution in [2.24, 2.45) is 11.8 Å². The molecule has 0 aromatic heterocycles. The molecular formula is C21H24Cl2N2O2. The van der Waals surface area contributed by atoms with Gasteiger partial charge in [0.25, 0.3) is 0 Å². The fraction of sp³-hybridized carbons (Fsp3) is 0.524. The molecule has 2 amide bonds. The van der Waals surface area contributed by atoms with Crippen molar-refractivity contribution in [3.8, 4) is 0 Å². The van der Waals surface area contributed by atoms with Crippen LogP contribution >= 0.6 is 23.2 Å². The molecule has 1 aliphatic carbocycles. The third-order valence-corrected chi connectivity index (χ3v) is 6.85. The van der Waals surface area contributed by atoms with Gasteiger partial charge in [-0.15, -0.1) is 0 Å². The van der Waals surface area contributed by atoms with Crippen molar-refractivity contribution in [1.82, 2.24) is 9.80 Å². The lowest BCUT2D eigenvalue weighted by atomic mass is 9.90. The smallest absolute Gasteiger partial charge is 0.249 e. The van der Waals surface area contributed by atoms with Crippen molar-refractivity contribution >= 4 is 35.0 Å². The SMILES string of the molecule is C[C@@H]1CN(C(=O)C2CCN(C(=O)C3=CC3)CC2)C[C@H]1c1ccc(Cl)c(Cl)c1. The summed E-state index contributed by atoms with van der Waals surface area (Å²) in [5.74, 6) is 1.10. The molecule has 3 aliphatic rings. The summed E-state index contributed by atoms with van der Waals surface area (Å²) in [6.45, 7) is 5.06. The van der Waals surface area contributed by atoms with E-state index in [1.807, 2.05) is 34.1 Å². The second-order valence-corrected chi connectivity index (χ2v) is 8.81. The van der Waals surface area contributed by atoms with Gasteiger partial charge in [-0.25, -0.2) is 0 Å². The first-order chi connectivity index (χ1) is 12.9. The van der Waals surface area contributed by atoms with Crippen molar-refractivity contribution in [3.63, 3.8) is 0 Å². The van der Waals surface area contributed by atoms with Crippen LogP contribution in [0.2, 0.25) is 10.0 Å². The minimum Gasteiger partial charge on any atom is -0.342 e. The quantitative estimate of drug-likeness (QED) is 0.756. The second-order valence-electron chi connectivity index (χ2n) is 8.00. The fourth-order valence-corrected chi connectivity index (χ4v) is 4.65. The molecule has 0 N–H and O–H groups in total. The van der Waals surface area contributed by atoms with Gasteiger partial charge in [0.05, 0.1) is 10.0 Å². The number of rotatable bonds is 3. The lowest BCUT2D eigenvalue weighted by molar-refractivity contribution is -0.138. The lowest BCUT2D eigenvalue weighted by Crippen LogP contribution is -2.43. The van der Waals surface area contributed by atoms with E-state index >= 15 is 0 Å². The van der Waals surface area contributed by atoms with Crippen LogP contribution in [0.1, 0.15) is 37.7 Å². The van der Waals surface area contributed by atoms with Crippen LogP contribution in [0.5, 0.6) is 0 Å². The Morgan fingerprint density at radius 3 is 2.37 bits per heavy atom. The standard InChI is InChI=1S/C21H24Cl2N2O2/c1-13-11-25(12-17(13)16-4-5-18(22)19(23)10-16)21(27)15-6-8-24(9-7-15)20(26)14-2-3-14/h2,4-5,10,13,15,17H,3,6-9,11-12H2,1H3/t13-,17-/m1/s1. The molecule has 27 heavy (non-hydrogen) atoms. The number of piperidine rings is 1. The molecule has 4 nitrogen and oxygen atoms in total. The number of benzene rings is 1. The molecule has 144 valence electrons. The van der Waals surface area contributed by atoms with Crippen molar-refractivity contribution in [1.29, 1.82) is 0 Å². The summed E-state index contributed by atoms with van der Waals surface area (Å²) in [6, 6.07) is 5.77. The molecule has 1 aromatic rings. The number of hydrogen-bond donors (Lipinski definition) is 0. The van der Waals surface area contributed by atoms with Gasteiger partial charge >= 0.3 is 0 Å². The van der Waals surface area contributed by atoms with Crippen LogP contribution < -0.4 is 0 Å². The van der Waals surface area contributed by atoms with E-state index in [1.165, 1.54) is 0 Å². The van der Waals surface area contributed by atoms with E-state index in [9.17, 15) is 9.59 Å². The molecule has 2 atom stereocenters. The number of likely N-dealkylation sites (tertiary alicyclic amines) is 2. The zero-order chi connectivity index (χ0) is 19.1. The maximum Gasteiger partial charge on any atom is 0.249 e. The maximum atomic E-state index is 13.0. The molecule has 0 radical (unpaired) electrons. The van der Waals surface area contributed by atoms with Crippen LogP contribution in [0.3, 0.4) is 0 Å². The summed E-state index contributed by atoms with van der Waals surface area (Å²) >= 11 is 12.2. The average molecular weight is 407 g/mol. The van der Waals surface area contributed by atoms with Gasteiger partial charge in [0.2, 0.25) is 11.8 Å². The molecule has 0 unspecified atom stereocenters. The minimum atomic E-state index is 0.0296. The van der Waals surface area contributed by atoms with E-state index in [2.05, 4.69) is 6.92 Å². The molecule has 0 spiro atoms. The number of halogens is 2. The van der Waals surface area contributed by atoms with Gasteiger partial charge < -0.3 is 9.80 Å². The van der Waals surface area contributed by atoms with E-state index in [-0.39, 0.29) is 23.7 Å². The van der Waals surface area contributed by atoms with Gasteiger partial charge in [0, 0.05) is 43.6 Å². The highest BCUT2D eigenvalue weighted by Crippen LogP contribution is 2.36. The first-order valence-electron chi connectivity index (χ1n) is 9.66. The van der Waals surface area contributed by atoms with Gasteiger partial charge in [0.1, 0.15) is 0 Å². The maximum absolute atomic E-state index is 13.0. The van der Waals surface area contributed by atoms with E-state index in [1.54, 1.807) is 0 Å². The largest absolute Gasteiger partial charge is 0.342 e. The first-order valence-corrected chi connectivity index (χ1v) is 10.4. The highest BCUT2D eigenvalue weighted by molar-refractivity contribution is 6.42. The van der Waals surface area contributed by atoms with Crippen LogP contribution in [0.4, 0.5) is 0 Å². The summed E-state index contributed by atoms with van der Waals surface area (Å²) in [7, 11) is 0. The molecule has 2 aliphatic heterocycles. The van der Waals surface area contributed by atoms with E-state index < -0.39 is 0 Å². The molecule has 6 heteroatoms. The predicted octanol–water partition coefficient (Wildman–Crippen LogP) is 4.12. The fourth-order valence-electron chi connectivity index (χ4n) is 4.34. The van der Waals surface area contributed by atoms with Gasteiger partial charge in [-0.1, -0.05) is 42.3 Å². The number of carbonyl (C=O) groups excluding carboxylic acids is 2. The topological polar surface area (TPSA) is 40.6 Å². The van der Waals surface area contributed by atoms with Crippen molar-refractivity contribution in [2.75, 3.05) is 26.2 Å². The van der Waals surface area contributed by atoms with Crippen LogP contribution in [0, 0.1) is 11.8 Å². The van der Waals surface area contributed by atoms with Crippen molar-refractivity contribution in [3.05, 3.63) is 45.5 Å². The average Bonchev–Trinajstić information content (AvgIpc) is 3.45. The molecule has 2 saturated heterocycles. The number of nitrogens with zero attached hydrogens (tertiary/aromatic N) is 2. The summed E-state index contributed by atoms with van der Waals surface area (Å²) in [4.78, 5) is 29.1. The normalized spacial score (nSPS) is 25.5. The monoisotopic (exact) mass is 406 g/mol. The Kier molecular flexibility index (Phi) is 5.21. The highest BCUT2D eigenvalue weighted by atomic mass is 35.5. The summed E-state index contributed by atoms with van der Waals surface area (Å²) < 4.78 is 0. The van der Waals surface area contributed by atoms with Gasteiger partial charge in [0.15, 0.2) is 0 Å². The number of carbonyl (C=O) groups is 2. The van der Waals surface area contributed by atoms with Crippen LogP contribution in [-0.4, -0.2) is 47.8 Å². The Morgan fingerprint density at radius 1 is 1.04 bits per heavy atom. The third kappa shape index (κ3) is 3.88. The third-order valence-electron chi connectivity index (χ3n) is 6.11. The molecule has 0 bridgehead atoms. The number of allylic oxidation sites excluding steroid dienone is 1. The second kappa shape index (κ2) is 7.48. The predicted molar refractivity (Wildman–Crippen MR) is 107 cm³/mol. The minimum absolute atomic E-state index is 0.0296. The van der Waals surface area contributed by atoms with Crippen molar-refractivity contribution in [2.45, 2.75) is 32.1 Å². The molecule has 2 heterocycles. The number of amides is 2. The Labute approximate surface area is 170 Å². The van der Waals surface area contributed by atoms with E-state index in [0.29, 0.717) is 29.1 Å². The molecule has 0 saturated carbocycles. The summed E-state index contributed by atoms with van der Waals surface area (Å²) in [5.41, 5.74) is 2.07. The Morgan fingerprint density at radius 2 is 1.74 bits per heavy atom. The van der Waals surface area contributed by atoms with Gasteiger partial charge in [-0.2, -0.15) is 0 Å². The summed E-state index contributed by atoms with van der Waals surface area (Å²) in [5, 5.41) is 1.12. The van der Waals surface area contributed by atoms with Crippen LogP contribution in [-0.2, 0) is 9.59 Å². The zero-order valence-corrected chi connectivity index (χ0v) is 17.0. The molecule has 2 fully saturated rings. The first kappa shape index (κ1) is 18.8. The van der Waals surface area contributed by atoms with Crippen LogP contribution in [0.15, 0.2) is 29.8 Å². The van der Waals surface area contributed by atoms with E-state index in [4.69, 9.17) is 23.2 Å². The molecular weight excluding hydrogens is 383 g/mol. The van der Waals surface area contributed by atoms with Crippen molar-refractivity contribution < 1.29 is 9.59 Å². The lowest BCUT2D eigenvalue weighted by Gasteiger charge is -2.33. The zero-order valence-electron chi connectivity index (χ0n) is 15.5. The van der Waals surface area contributed by atoms with Crippen LogP contribution in [0.25, 0.3) is 0 Å². The van der Waals surface area contributed by atoms with Gasteiger partial charge in [-0.3, -0.25) is 9.59 Å². The summed E-state index contributed by atoms with van der Waals surface area (Å²) in [6.07, 6.45) is 4.33.